The van der Waals surface area contributed by atoms with Gasteiger partial charge in [0.1, 0.15) is 11.4 Å². The molecule has 9 heteroatoms. The van der Waals surface area contributed by atoms with Crippen molar-refractivity contribution in [2.24, 2.45) is 0 Å². The van der Waals surface area contributed by atoms with Crippen LogP contribution in [0.2, 0.25) is 0 Å². The summed E-state index contributed by atoms with van der Waals surface area (Å²) in [5.41, 5.74) is 1.24. The summed E-state index contributed by atoms with van der Waals surface area (Å²) >= 11 is 0. The van der Waals surface area contributed by atoms with Gasteiger partial charge in [-0.25, -0.2) is 17.8 Å². The first-order valence-electron chi connectivity index (χ1n) is 10.3. The van der Waals surface area contributed by atoms with E-state index in [9.17, 15) is 12.8 Å². The molecular weight excluding hydrogens is 421 g/mol. The molecule has 0 amide bonds. The first-order valence-corrected chi connectivity index (χ1v) is 11.8. The van der Waals surface area contributed by atoms with E-state index >= 15 is 0 Å². The molecule has 2 aromatic rings. The van der Waals surface area contributed by atoms with Crippen molar-refractivity contribution in [1.82, 2.24) is 9.88 Å². The number of likely N-dealkylation sites (N-methyl/N-ethyl adjacent to an activating group) is 1. The predicted octanol–water partition coefficient (Wildman–Crippen LogP) is 2.90. The summed E-state index contributed by atoms with van der Waals surface area (Å²) in [6, 6.07) is 7.72. The van der Waals surface area contributed by atoms with E-state index in [1.165, 1.54) is 31.4 Å². The maximum atomic E-state index is 14.9. The van der Waals surface area contributed by atoms with Crippen molar-refractivity contribution < 1.29 is 22.3 Å². The van der Waals surface area contributed by atoms with Gasteiger partial charge in [0.2, 0.25) is 5.88 Å². The van der Waals surface area contributed by atoms with E-state index in [4.69, 9.17) is 9.47 Å². The summed E-state index contributed by atoms with van der Waals surface area (Å²) in [6.07, 6.45) is 2.03. The number of hydrogen-bond acceptors (Lipinski definition) is 6. The molecule has 0 bridgehead atoms. The Labute approximate surface area is 182 Å². The monoisotopic (exact) mass is 449 g/mol. The number of pyridine rings is 1. The van der Waals surface area contributed by atoms with Gasteiger partial charge in [0.25, 0.3) is 10.0 Å². The van der Waals surface area contributed by atoms with E-state index < -0.39 is 15.7 Å². The molecule has 168 valence electrons. The number of benzene rings is 1. The number of nitrogens with one attached hydrogen (secondary N) is 1. The van der Waals surface area contributed by atoms with E-state index in [0.29, 0.717) is 11.3 Å². The smallest absolute Gasteiger partial charge is 0.262 e. The Morgan fingerprint density at radius 2 is 1.84 bits per heavy atom. The van der Waals surface area contributed by atoms with Gasteiger partial charge < -0.3 is 14.4 Å². The summed E-state index contributed by atoms with van der Waals surface area (Å²) in [4.78, 5) is 6.82. The zero-order valence-electron chi connectivity index (χ0n) is 18.0. The SMILES string of the molecule is COc1nc2c(cc1NS(=O)(=O)c1ccc([C@]3(F)C[C@H](OC)C3)cc1)CCN(C)CC2. The minimum Gasteiger partial charge on any atom is -0.479 e. The number of hydrogen-bond donors (Lipinski definition) is 1. The molecule has 1 aliphatic heterocycles. The number of nitrogens with zero attached hydrogens (tertiary/aromatic N) is 2. The molecule has 0 spiro atoms. The second-order valence-electron chi connectivity index (χ2n) is 8.32. The summed E-state index contributed by atoms with van der Waals surface area (Å²) in [5, 5.41) is 0. The van der Waals surface area contributed by atoms with Crippen LogP contribution in [0.4, 0.5) is 10.1 Å². The Morgan fingerprint density at radius 1 is 1.16 bits per heavy atom. The number of anilines is 1. The minimum atomic E-state index is -3.89. The van der Waals surface area contributed by atoms with Crippen LogP contribution in [0.25, 0.3) is 0 Å². The van der Waals surface area contributed by atoms with E-state index in [-0.39, 0.29) is 29.7 Å². The van der Waals surface area contributed by atoms with E-state index in [1.54, 1.807) is 7.11 Å². The Hall–Kier alpha value is -2.23. The molecule has 2 heterocycles. The van der Waals surface area contributed by atoms with Gasteiger partial charge in [0, 0.05) is 45.2 Å². The highest BCUT2D eigenvalue weighted by molar-refractivity contribution is 7.92. The van der Waals surface area contributed by atoms with Gasteiger partial charge >= 0.3 is 0 Å². The molecular formula is C22H28FN3O4S. The van der Waals surface area contributed by atoms with Gasteiger partial charge in [-0.3, -0.25) is 4.72 Å². The topological polar surface area (TPSA) is 80.8 Å². The van der Waals surface area contributed by atoms with Crippen LogP contribution < -0.4 is 9.46 Å². The Morgan fingerprint density at radius 3 is 2.48 bits per heavy atom. The normalized spacial score (nSPS) is 24.1. The van der Waals surface area contributed by atoms with Crippen molar-refractivity contribution in [3.05, 3.63) is 47.2 Å². The maximum absolute atomic E-state index is 14.9. The first kappa shape index (κ1) is 22.0. The van der Waals surface area contributed by atoms with Crippen LogP contribution in [0.3, 0.4) is 0 Å². The molecule has 1 N–H and O–H groups in total. The lowest BCUT2D eigenvalue weighted by atomic mass is 9.74. The van der Waals surface area contributed by atoms with Gasteiger partial charge in [0.05, 0.1) is 18.1 Å². The molecule has 0 unspecified atom stereocenters. The van der Waals surface area contributed by atoms with Crippen molar-refractivity contribution in [1.29, 1.82) is 0 Å². The molecule has 4 rings (SSSR count). The standard InChI is InChI=1S/C22H28FN3O4S/c1-26-10-8-15-12-20(21(30-3)24-19(15)9-11-26)25-31(27,28)18-6-4-16(5-7-18)22(23)13-17(14-22)29-2/h4-7,12,17,25H,8-11,13-14H2,1-3H3/t17-,22-. The second-order valence-corrected chi connectivity index (χ2v) is 10.00. The third kappa shape index (κ3) is 4.40. The Bertz CT molecular complexity index is 1050. The molecule has 1 aromatic heterocycles. The van der Waals surface area contributed by atoms with Crippen molar-refractivity contribution in [2.75, 3.05) is 39.1 Å². The average Bonchev–Trinajstić information content (AvgIpc) is 2.91. The van der Waals surface area contributed by atoms with E-state index in [2.05, 4.69) is 21.7 Å². The second kappa shape index (κ2) is 8.37. The average molecular weight is 450 g/mol. The number of fused-ring (bicyclic) bond motifs is 1. The molecule has 0 saturated heterocycles. The van der Waals surface area contributed by atoms with E-state index in [0.717, 1.165) is 37.2 Å². The molecule has 7 nitrogen and oxygen atoms in total. The first-order chi connectivity index (χ1) is 14.7. The highest BCUT2D eigenvalue weighted by atomic mass is 32.2. The molecule has 1 aromatic carbocycles. The third-order valence-electron chi connectivity index (χ3n) is 6.20. The molecule has 0 radical (unpaired) electrons. The number of sulfonamides is 1. The van der Waals surface area contributed by atoms with E-state index in [1.807, 2.05) is 6.07 Å². The number of methoxy groups -OCH3 is 2. The molecule has 0 atom stereocenters. The number of halogens is 1. The van der Waals surface area contributed by atoms with Crippen LogP contribution in [0.5, 0.6) is 5.88 Å². The van der Waals surface area contributed by atoms with Crippen LogP contribution in [0.1, 0.15) is 29.7 Å². The summed E-state index contributed by atoms with van der Waals surface area (Å²) in [7, 11) is 1.20. The lowest BCUT2D eigenvalue weighted by molar-refractivity contribution is -0.0822. The largest absolute Gasteiger partial charge is 0.479 e. The van der Waals surface area contributed by atoms with Crippen LogP contribution in [0.15, 0.2) is 35.2 Å². The van der Waals surface area contributed by atoms with Crippen LogP contribution in [0, 0.1) is 0 Å². The molecule has 2 aliphatic rings. The Kier molecular flexibility index (Phi) is 5.93. The number of ether oxygens (including phenoxy) is 2. The minimum absolute atomic E-state index is 0.0548. The quantitative estimate of drug-likeness (QED) is 0.731. The van der Waals surface area contributed by atoms with Gasteiger partial charge in [-0.1, -0.05) is 12.1 Å². The third-order valence-corrected chi connectivity index (χ3v) is 7.59. The fraction of sp³-hybridized carbons (Fsp3) is 0.500. The van der Waals surface area contributed by atoms with Crippen molar-refractivity contribution in [3.8, 4) is 5.88 Å². The predicted molar refractivity (Wildman–Crippen MR) is 116 cm³/mol. The summed E-state index contributed by atoms with van der Waals surface area (Å²) in [6.45, 7) is 1.77. The zero-order chi connectivity index (χ0) is 22.2. The number of rotatable bonds is 6. The van der Waals surface area contributed by atoms with Crippen LogP contribution in [-0.2, 0) is 33.3 Å². The zero-order valence-corrected chi connectivity index (χ0v) is 18.8. The lowest BCUT2D eigenvalue weighted by Crippen LogP contribution is -2.42. The van der Waals surface area contributed by atoms with Crippen LogP contribution in [-0.4, -0.2) is 58.8 Å². The van der Waals surface area contributed by atoms with Gasteiger partial charge in [-0.15, -0.1) is 0 Å². The van der Waals surface area contributed by atoms with Gasteiger partial charge in [-0.2, -0.15) is 0 Å². The number of aromatic nitrogens is 1. The van der Waals surface area contributed by atoms with Gasteiger partial charge in [-0.05, 0) is 42.8 Å². The fourth-order valence-electron chi connectivity index (χ4n) is 4.16. The molecule has 1 saturated carbocycles. The highest BCUT2D eigenvalue weighted by Crippen LogP contribution is 2.46. The van der Waals surface area contributed by atoms with Crippen molar-refractivity contribution in [3.63, 3.8) is 0 Å². The summed E-state index contributed by atoms with van der Waals surface area (Å²) < 4.78 is 54.0. The van der Waals surface area contributed by atoms with Crippen molar-refractivity contribution in [2.45, 2.75) is 42.4 Å². The molecule has 1 fully saturated rings. The molecule has 31 heavy (non-hydrogen) atoms. The Balaban J connectivity index is 1.56. The van der Waals surface area contributed by atoms with Crippen molar-refractivity contribution >= 4 is 15.7 Å². The van der Waals surface area contributed by atoms with Crippen LogP contribution >= 0.6 is 0 Å². The lowest BCUT2D eigenvalue weighted by Gasteiger charge is -2.40. The fourth-order valence-corrected chi connectivity index (χ4v) is 5.20. The van der Waals surface area contributed by atoms with Gasteiger partial charge in [0.15, 0.2) is 0 Å². The summed E-state index contributed by atoms with van der Waals surface area (Å²) in [5.74, 6) is 0.242. The highest BCUT2D eigenvalue weighted by Gasteiger charge is 2.46. The number of alkyl halides is 1. The molecule has 1 aliphatic carbocycles. The maximum Gasteiger partial charge on any atom is 0.262 e.